The number of amides is 1. The van der Waals surface area contributed by atoms with Crippen molar-refractivity contribution in [1.29, 1.82) is 0 Å². The highest BCUT2D eigenvalue weighted by Crippen LogP contribution is 2.17. The molecule has 0 bridgehead atoms. The number of ether oxygens (including phenoxy) is 1. The molecule has 6 nitrogen and oxygen atoms in total. The lowest BCUT2D eigenvalue weighted by Gasteiger charge is -2.29. The van der Waals surface area contributed by atoms with Gasteiger partial charge in [0.15, 0.2) is 0 Å². The summed E-state index contributed by atoms with van der Waals surface area (Å²) < 4.78 is 7.37. The van der Waals surface area contributed by atoms with Crippen LogP contribution in [-0.2, 0) is 29.5 Å². The van der Waals surface area contributed by atoms with E-state index < -0.39 is 0 Å². The minimum atomic E-state index is 0.250. The quantitative estimate of drug-likeness (QED) is 0.782. The second-order valence-electron chi connectivity index (χ2n) is 5.52. The number of hydrogen-bond acceptors (Lipinski definition) is 4. The van der Waals surface area contributed by atoms with E-state index in [1.807, 2.05) is 18.3 Å². The van der Waals surface area contributed by atoms with Crippen LogP contribution in [-0.4, -0.2) is 64.7 Å². The third-order valence-electron chi connectivity index (χ3n) is 4.19. The van der Waals surface area contributed by atoms with Crippen molar-refractivity contribution in [3.05, 3.63) is 17.7 Å². The number of imidazole rings is 1. The van der Waals surface area contributed by atoms with Gasteiger partial charge in [-0.1, -0.05) is 0 Å². The van der Waals surface area contributed by atoms with Crippen LogP contribution in [0.3, 0.4) is 0 Å². The maximum Gasteiger partial charge on any atom is 0.224 e. The molecule has 1 saturated heterocycles. The van der Waals surface area contributed by atoms with Crippen molar-refractivity contribution >= 4 is 5.91 Å². The number of morpholine rings is 1. The van der Waals surface area contributed by atoms with E-state index in [0.29, 0.717) is 19.6 Å². The molecular formula is C14H22N4O2. The highest BCUT2D eigenvalue weighted by atomic mass is 16.5. The monoisotopic (exact) mass is 278 g/mol. The molecule has 6 heteroatoms. The first-order chi connectivity index (χ1) is 9.74. The first-order valence-electron chi connectivity index (χ1n) is 7.31. The molecular weight excluding hydrogens is 256 g/mol. The van der Waals surface area contributed by atoms with Crippen molar-refractivity contribution in [2.24, 2.45) is 7.05 Å². The van der Waals surface area contributed by atoms with E-state index in [4.69, 9.17) is 4.74 Å². The molecule has 1 aromatic heterocycles. The molecule has 0 radical (unpaired) electrons. The van der Waals surface area contributed by atoms with Gasteiger partial charge in [0.25, 0.3) is 0 Å². The molecule has 0 spiro atoms. The largest absolute Gasteiger partial charge is 0.378 e. The zero-order valence-electron chi connectivity index (χ0n) is 12.0. The molecule has 0 aromatic carbocycles. The minimum Gasteiger partial charge on any atom is -0.378 e. The topological polar surface area (TPSA) is 50.6 Å². The second-order valence-corrected chi connectivity index (χ2v) is 5.52. The van der Waals surface area contributed by atoms with Gasteiger partial charge in [0.05, 0.1) is 25.2 Å². The Morgan fingerprint density at radius 2 is 2.15 bits per heavy atom. The maximum atomic E-state index is 12.1. The lowest BCUT2D eigenvalue weighted by Crippen LogP contribution is -2.42. The van der Waals surface area contributed by atoms with Crippen LogP contribution in [0.25, 0.3) is 0 Å². The van der Waals surface area contributed by atoms with Gasteiger partial charge in [-0.3, -0.25) is 9.69 Å². The van der Waals surface area contributed by atoms with Crippen LogP contribution in [0, 0.1) is 0 Å². The molecule has 1 amide bonds. The number of aryl methyl sites for hydroxylation is 1. The molecule has 2 aliphatic heterocycles. The predicted molar refractivity (Wildman–Crippen MR) is 74.2 cm³/mol. The summed E-state index contributed by atoms with van der Waals surface area (Å²) in [6, 6.07) is 0. The third-order valence-corrected chi connectivity index (χ3v) is 4.19. The van der Waals surface area contributed by atoms with Crippen LogP contribution in [0.5, 0.6) is 0 Å². The van der Waals surface area contributed by atoms with Crippen molar-refractivity contribution in [3.8, 4) is 0 Å². The van der Waals surface area contributed by atoms with Crippen LogP contribution < -0.4 is 0 Å². The summed E-state index contributed by atoms with van der Waals surface area (Å²) in [4.78, 5) is 20.8. The first-order valence-corrected chi connectivity index (χ1v) is 7.31. The summed E-state index contributed by atoms with van der Waals surface area (Å²) in [6.45, 7) is 5.54. The van der Waals surface area contributed by atoms with Crippen LogP contribution >= 0.6 is 0 Å². The number of rotatable bonds is 3. The van der Waals surface area contributed by atoms with Gasteiger partial charge in [-0.05, 0) is 0 Å². The van der Waals surface area contributed by atoms with E-state index >= 15 is 0 Å². The Labute approximate surface area is 119 Å². The highest BCUT2D eigenvalue weighted by molar-refractivity contribution is 5.76. The van der Waals surface area contributed by atoms with E-state index in [2.05, 4.69) is 14.5 Å². The van der Waals surface area contributed by atoms with Gasteiger partial charge in [0.1, 0.15) is 0 Å². The van der Waals surface area contributed by atoms with E-state index in [9.17, 15) is 4.79 Å². The fourth-order valence-corrected chi connectivity index (χ4v) is 2.93. The van der Waals surface area contributed by atoms with Gasteiger partial charge in [-0.15, -0.1) is 0 Å². The molecule has 0 N–H and O–H groups in total. The van der Waals surface area contributed by atoms with Crippen molar-refractivity contribution in [1.82, 2.24) is 19.4 Å². The number of fused-ring (bicyclic) bond motifs is 1. The van der Waals surface area contributed by atoms with Crippen LogP contribution in [0.15, 0.2) is 6.33 Å². The van der Waals surface area contributed by atoms with Crippen LogP contribution in [0.4, 0.5) is 0 Å². The molecule has 20 heavy (non-hydrogen) atoms. The molecule has 1 aromatic rings. The van der Waals surface area contributed by atoms with Gasteiger partial charge in [-0.25, -0.2) is 4.98 Å². The Bertz CT molecular complexity index is 480. The summed E-state index contributed by atoms with van der Waals surface area (Å²) in [5.41, 5.74) is 2.50. The number of aromatic nitrogens is 2. The summed E-state index contributed by atoms with van der Waals surface area (Å²) in [5.74, 6) is 0.250. The molecule has 110 valence electrons. The molecule has 2 aliphatic rings. The summed E-state index contributed by atoms with van der Waals surface area (Å²) in [6.07, 6.45) is 3.51. The van der Waals surface area contributed by atoms with E-state index in [0.717, 1.165) is 44.8 Å². The predicted octanol–water partition coefficient (Wildman–Crippen LogP) is 0.0271. The smallest absolute Gasteiger partial charge is 0.224 e. The SMILES string of the molecule is Cn1cnc2c1CCN(CCC(=O)N1CCOCC1)C2. The van der Waals surface area contributed by atoms with E-state index in [1.165, 1.54) is 5.69 Å². The van der Waals surface area contributed by atoms with Gasteiger partial charge >= 0.3 is 0 Å². The van der Waals surface area contributed by atoms with Gasteiger partial charge in [-0.2, -0.15) is 0 Å². The van der Waals surface area contributed by atoms with E-state index in [-0.39, 0.29) is 5.91 Å². The third kappa shape index (κ3) is 2.86. The first kappa shape index (κ1) is 13.6. The standard InChI is InChI=1S/C14H22N4O2/c1-16-11-15-12-10-17(4-2-13(12)16)5-3-14(19)18-6-8-20-9-7-18/h11H,2-10H2,1H3. The van der Waals surface area contributed by atoms with Gasteiger partial charge in [0, 0.05) is 58.3 Å². The summed E-state index contributed by atoms with van der Waals surface area (Å²) >= 11 is 0. The molecule has 3 heterocycles. The molecule has 0 atom stereocenters. The second kappa shape index (κ2) is 5.93. The summed E-state index contributed by atoms with van der Waals surface area (Å²) in [7, 11) is 2.05. The molecule has 3 rings (SSSR count). The van der Waals surface area contributed by atoms with Crippen molar-refractivity contribution in [3.63, 3.8) is 0 Å². The molecule has 0 unspecified atom stereocenters. The lowest BCUT2D eigenvalue weighted by atomic mass is 10.1. The highest BCUT2D eigenvalue weighted by Gasteiger charge is 2.22. The van der Waals surface area contributed by atoms with Gasteiger partial charge in [0.2, 0.25) is 5.91 Å². The Kier molecular flexibility index (Phi) is 4.03. The number of carbonyl (C=O) groups is 1. The molecule has 0 aliphatic carbocycles. The lowest BCUT2D eigenvalue weighted by molar-refractivity contribution is -0.135. The Hall–Kier alpha value is -1.40. The normalized spacial score (nSPS) is 19.9. The number of hydrogen-bond donors (Lipinski definition) is 0. The zero-order valence-corrected chi connectivity index (χ0v) is 12.0. The summed E-state index contributed by atoms with van der Waals surface area (Å²) in [5, 5.41) is 0. The Morgan fingerprint density at radius 3 is 2.95 bits per heavy atom. The fraction of sp³-hybridized carbons (Fsp3) is 0.714. The van der Waals surface area contributed by atoms with Crippen LogP contribution in [0.1, 0.15) is 17.8 Å². The Balaban J connectivity index is 1.48. The number of nitrogens with zero attached hydrogens (tertiary/aromatic N) is 4. The van der Waals surface area contributed by atoms with Crippen molar-refractivity contribution < 1.29 is 9.53 Å². The average molecular weight is 278 g/mol. The van der Waals surface area contributed by atoms with Crippen molar-refractivity contribution in [2.75, 3.05) is 39.4 Å². The zero-order chi connectivity index (χ0) is 13.9. The van der Waals surface area contributed by atoms with Gasteiger partial charge < -0.3 is 14.2 Å². The Morgan fingerprint density at radius 1 is 1.35 bits per heavy atom. The molecule has 0 saturated carbocycles. The average Bonchev–Trinajstić information content (AvgIpc) is 2.87. The number of carbonyl (C=O) groups excluding carboxylic acids is 1. The van der Waals surface area contributed by atoms with E-state index in [1.54, 1.807) is 0 Å². The van der Waals surface area contributed by atoms with Crippen LogP contribution in [0.2, 0.25) is 0 Å². The minimum absolute atomic E-state index is 0.250. The molecule has 1 fully saturated rings. The maximum absolute atomic E-state index is 12.1. The fourth-order valence-electron chi connectivity index (χ4n) is 2.93. The van der Waals surface area contributed by atoms with Crippen molar-refractivity contribution in [2.45, 2.75) is 19.4 Å².